The van der Waals surface area contributed by atoms with Crippen LogP contribution in [0.3, 0.4) is 0 Å². The van der Waals surface area contributed by atoms with Gasteiger partial charge in [-0.05, 0) is 182 Å². The van der Waals surface area contributed by atoms with Crippen molar-refractivity contribution in [2.24, 2.45) is 0 Å². The molecule has 6 aromatic carbocycles. The van der Waals surface area contributed by atoms with Crippen LogP contribution >= 0.6 is 34.8 Å². The van der Waals surface area contributed by atoms with Crippen LogP contribution in [0.2, 0.25) is 15.1 Å². The maximum Gasteiger partial charge on any atom is 0.307 e. The summed E-state index contributed by atoms with van der Waals surface area (Å²) >= 11 is 17.9. The summed E-state index contributed by atoms with van der Waals surface area (Å²) in [6, 6.07) is 39.6. The van der Waals surface area contributed by atoms with Crippen molar-refractivity contribution in [3.05, 3.63) is 193 Å². The fraction of sp³-hybridized carbons (Fsp3) is 0.308. The molecule has 6 aromatic rings. The van der Waals surface area contributed by atoms with E-state index in [1.54, 1.807) is 45.0 Å². The average Bonchev–Trinajstić information content (AvgIpc) is 4.15. The van der Waals surface area contributed by atoms with E-state index in [1.165, 1.54) is 42.0 Å². The molecular formula is C65H63Cl3O10. The van der Waals surface area contributed by atoms with Gasteiger partial charge in [0.05, 0.1) is 57.3 Å². The van der Waals surface area contributed by atoms with Crippen molar-refractivity contribution in [3.63, 3.8) is 0 Å². The first kappa shape index (κ1) is 59.9. The number of carboxylic acids is 1. The third-order valence-corrected chi connectivity index (χ3v) is 14.1. The summed E-state index contributed by atoms with van der Waals surface area (Å²) in [6.45, 7) is 5.21. The smallest absolute Gasteiger partial charge is 0.307 e. The lowest BCUT2D eigenvalue weighted by molar-refractivity contribution is -0.141. The van der Waals surface area contributed by atoms with Crippen LogP contribution in [0.15, 0.2) is 127 Å². The predicted molar refractivity (Wildman–Crippen MR) is 306 cm³/mol. The van der Waals surface area contributed by atoms with Gasteiger partial charge in [0, 0.05) is 15.1 Å². The number of fused-ring (bicyclic) bond motifs is 3. The van der Waals surface area contributed by atoms with Crippen LogP contribution in [0.4, 0.5) is 0 Å². The number of aryl methyl sites for hydroxylation is 3. The standard InChI is InChI=1S/C22H21ClO3.C21H19ClO3.C13H14O3.C9H9ClO/c1-3-4-16(14-22(24)25-2)15-5-9-19(10-6-15)26-21-12-7-17-13-18(23)8-11-20(17)21;1-2-3-15(13-21(23)24)14-4-8-18(9-5-14)25-20-11-6-16-12-17(22)7-10-19(16)20;1-3-4-11(9-13(15)16-2)10-5-7-12(14)8-6-10;10-7-2-3-8-6(5-7)1-4-9(8)11/h5-6,8-11,13,16,21H,7,12,14H2,1-2H3;4-5,7-10,12,15,20H,6,11,13H2,1H3,(H,23,24);5-8,11,14H,9H2,1-2H3;2-3,5,9,11H,1,4H2/t16-,21?;15-,20?;11-;/m000./s1. The summed E-state index contributed by atoms with van der Waals surface area (Å²) < 4.78 is 21.7. The molecule has 0 radical (unpaired) electrons. The van der Waals surface area contributed by atoms with E-state index in [4.69, 9.17) is 59.2 Å². The van der Waals surface area contributed by atoms with Gasteiger partial charge in [-0.1, -0.05) is 107 Å². The van der Waals surface area contributed by atoms with E-state index in [2.05, 4.69) is 40.3 Å². The monoisotopic (exact) mass is 1110 g/mol. The summed E-state index contributed by atoms with van der Waals surface area (Å²) in [4.78, 5) is 33.8. The quantitative estimate of drug-likeness (QED) is 0.0754. The molecule has 13 heteroatoms. The molecule has 0 saturated carbocycles. The van der Waals surface area contributed by atoms with Gasteiger partial charge in [0.15, 0.2) is 0 Å². The van der Waals surface area contributed by atoms with Gasteiger partial charge >= 0.3 is 17.9 Å². The second-order valence-corrected chi connectivity index (χ2v) is 19.9. The number of carboxylic acid groups (broad SMARTS) is 1. The highest BCUT2D eigenvalue weighted by atomic mass is 35.5. The number of aromatic hydroxyl groups is 1. The average molecular weight is 1110 g/mol. The van der Waals surface area contributed by atoms with Gasteiger partial charge in [0.25, 0.3) is 0 Å². The number of ether oxygens (including phenoxy) is 4. The van der Waals surface area contributed by atoms with Gasteiger partial charge in [-0.15, -0.1) is 17.8 Å². The van der Waals surface area contributed by atoms with Gasteiger partial charge in [-0.2, -0.15) is 0 Å². The van der Waals surface area contributed by atoms with Crippen LogP contribution in [0.1, 0.15) is 145 Å². The maximum atomic E-state index is 11.6. The Morgan fingerprint density at radius 1 is 0.513 bits per heavy atom. The largest absolute Gasteiger partial charge is 0.508 e. The lowest BCUT2D eigenvalue weighted by Crippen LogP contribution is -2.08. The third-order valence-electron chi connectivity index (χ3n) is 13.4. The van der Waals surface area contributed by atoms with E-state index in [-0.39, 0.29) is 73.0 Å². The number of esters is 2. The third kappa shape index (κ3) is 17.6. The zero-order valence-electron chi connectivity index (χ0n) is 44.3. The number of hydrogen-bond acceptors (Lipinski definition) is 9. The molecular weight excluding hydrogens is 1050 g/mol. The number of phenolic OH excluding ortho intramolecular Hbond substituents is 1. The normalized spacial score (nSPS) is 16.0. The number of rotatable bonds is 13. The molecule has 0 aromatic heterocycles. The Morgan fingerprint density at radius 2 is 0.859 bits per heavy atom. The van der Waals surface area contributed by atoms with Gasteiger partial charge in [0.1, 0.15) is 29.5 Å². The molecule has 0 spiro atoms. The van der Waals surface area contributed by atoms with Crippen LogP contribution < -0.4 is 9.47 Å². The molecule has 0 saturated heterocycles. The highest BCUT2D eigenvalue weighted by Gasteiger charge is 2.26. The van der Waals surface area contributed by atoms with Gasteiger partial charge in [-0.25, -0.2) is 0 Å². The molecule has 3 N–H and O–H groups in total. The van der Waals surface area contributed by atoms with E-state index in [0.29, 0.717) is 0 Å². The highest BCUT2D eigenvalue weighted by molar-refractivity contribution is 6.31. The highest BCUT2D eigenvalue weighted by Crippen LogP contribution is 2.39. The fourth-order valence-corrected chi connectivity index (χ4v) is 10.0. The molecule has 0 bridgehead atoms. The molecule has 78 heavy (non-hydrogen) atoms. The van der Waals surface area contributed by atoms with Gasteiger partial charge < -0.3 is 34.3 Å². The van der Waals surface area contributed by atoms with Crippen molar-refractivity contribution in [1.29, 1.82) is 0 Å². The summed E-state index contributed by atoms with van der Waals surface area (Å²) in [5, 5.41) is 29.9. The number of aliphatic hydroxyl groups excluding tert-OH is 1. The minimum absolute atomic E-state index is 0.00218. The molecule has 404 valence electrons. The molecule has 0 amide bonds. The Labute approximate surface area is 473 Å². The summed E-state index contributed by atoms with van der Waals surface area (Å²) in [7, 11) is 2.75. The van der Waals surface area contributed by atoms with Crippen molar-refractivity contribution in [1.82, 2.24) is 0 Å². The topological polar surface area (TPSA) is 149 Å². The fourth-order valence-electron chi connectivity index (χ4n) is 9.45. The SMILES string of the molecule is CC#C[C@@H](CC(=O)O)c1ccc(OC2CCc3cc(Cl)ccc32)cc1.CC#C[C@@H](CC(=O)OC)c1ccc(O)cc1.CC#C[C@@H](CC(=O)OC)c1ccc(OC2CCc3cc(Cl)ccc32)cc1.OC1CCc2cc(Cl)ccc21. The number of methoxy groups -OCH3 is 2. The van der Waals surface area contributed by atoms with Crippen molar-refractivity contribution in [2.45, 2.75) is 115 Å². The second kappa shape index (κ2) is 30.0. The Balaban J connectivity index is 0.000000176. The van der Waals surface area contributed by atoms with Crippen LogP contribution in [0, 0.1) is 35.5 Å². The first-order chi connectivity index (χ1) is 37.6. The van der Waals surface area contributed by atoms with Crippen molar-refractivity contribution in [3.8, 4) is 52.8 Å². The van der Waals surface area contributed by atoms with Crippen LogP contribution in [-0.4, -0.2) is 47.4 Å². The molecule has 0 heterocycles. The van der Waals surface area contributed by atoms with Crippen LogP contribution in [0.5, 0.6) is 17.2 Å². The number of benzene rings is 6. The van der Waals surface area contributed by atoms with E-state index >= 15 is 0 Å². The number of carbonyl (C=O) groups is 3. The number of aliphatic hydroxyl groups is 1. The zero-order chi connectivity index (χ0) is 56.1. The lowest BCUT2D eigenvalue weighted by Gasteiger charge is -2.16. The Kier molecular flexibility index (Phi) is 23.0. The van der Waals surface area contributed by atoms with Crippen molar-refractivity contribution >= 4 is 52.7 Å². The second-order valence-electron chi connectivity index (χ2n) is 18.6. The Morgan fingerprint density at radius 3 is 1.23 bits per heavy atom. The van der Waals surface area contributed by atoms with Crippen LogP contribution in [-0.2, 0) is 43.1 Å². The molecule has 10 nitrogen and oxygen atoms in total. The lowest BCUT2D eigenvalue weighted by atomic mass is 9.96. The molecule has 3 unspecified atom stereocenters. The minimum Gasteiger partial charge on any atom is -0.508 e. The van der Waals surface area contributed by atoms with Gasteiger partial charge in [0.2, 0.25) is 0 Å². The molecule has 3 aliphatic carbocycles. The molecule has 6 atom stereocenters. The molecule has 0 fully saturated rings. The minimum atomic E-state index is -0.853. The van der Waals surface area contributed by atoms with E-state index in [1.807, 2.05) is 103 Å². The molecule has 3 aliphatic rings. The molecule has 9 rings (SSSR count). The van der Waals surface area contributed by atoms with Crippen LogP contribution in [0.25, 0.3) is 0 Å². The maximum absolute atomic E-state index is 11.6. The number of hydrogen-bond donors (Lipinski definition) is 3. The van der Waals surface area contributed by atoms with E-state index < -0.39 is 5.97 Å². The van der Waals surface area contributed by atoms with Gasteiger partial charge in [-0.3, -0.25) is 14.4 Å². The summed E-state index contributed by atoms with van der Waals surface area (Å²) in [5.74, 6) is 17.2. The first-order valence-corrected chi connectivity index (χ1v) is 26.7. The number of halogens is 3. The first-order valence-electron chi connectivity index (χ1n) is 25.6. The number of carbonyl (C=O) groups excluding carboxylic acids is 2. The number of phenols is 1. The zero-order valence-corrected chi connectivity index (χ0v) is 46.6. The Hall–Kier alpha value is -7.36. The van der Waals surface area contributed by atoms with Crippen molar-refractivity contribution < 1.29 is 48.7 Å². The predicted octanol–water partition coefficient (Wildman–Crippen LogP) is 14.4. The van der Waals surface area contributed by atoms with E-state index in [9.17, 15) is 19.5 Å². The summed E-state index contributed by atoms with van der Waals surface area (Å²) in [5.41, 5.74) is 9.92. The molecule has 0 aliphatic heterocycles. The van der Waals surface area contributed by atoms with Crippen molar-refractivity contribution in [2.75, 3.05) is 14.2 Å². The Bertz CT molecular complexity index is 3190. The summed E-state index contributed by atoms with van der Waals surface area (Å²) in [6.07, 6.45) is 5.91. The number of aliphatic carboxylic acids is 1. The van der Waals surface area contributed by atoms with E-state index in [0.717, 1.165) is 87.3 Å².